The van der Waals surface area contributed by atoms with E-state index in [0.29, 0.717) is 12.1 Å². The number of nitro benzene ring substituents is 3. The zero-order valence-corrected chi connectivity index (χ0v) is 10.8. The Bertz CT molecular complexity index is 485. The lowest BCUT2D eigenvalue weighted by molar-refractivity contribution is -0.404. The molecule has 1 aromatic carbocycles. The highest BCUT2D eigenvalue weighted by Crippen LogP contribution is 2.38. The molecule has 0 bridgehead atoms. The first-order valence-electron chi connectivity index (χ1n) is 4.67. The van der Waals surface area contributed by atoms with Gasteiger partial charge in [-0.05, 0) is 6.92 Å². The minimum Gasteiger partial charge on any atom is -0.497 e. The van der Waals surface area contributed by atoms with E-state index in [4.69, 9.17) is 10.2 Å². The lowest BCUT2D eigenvalue weighted by atomic mass is 10.2. The lowest BCUT2D eigenvalue weighted by Crippen LogP contribution is -1.97. The molecule has 0 aliphatic heterocycles. The van der Waals surface area contributed by atoms with Crippen LogP contribution in [0.25, 0.3) is 0 Å². The summed E-state index contributed by atoms with van der Waals surface area (Å²) < 4.78 is 0. The number of hydrogen-bond donors (Lipinski definition) is 2. The molecule has 0 amide bonds. The maximum Gasteiger partial charge on any atom is 0.324 e. The van der Waals surface area contributed by atoms with Crippen molar-refractivity contribution in [3.05, 3.63) is 42.5 Å². The standard InChI is InChI=1S/C6H3N3O7.C2H6O.ClH/c10-6-4(8(13)14)1-3(7(11)12)2-5(6)9(15)16;1-2-3;/h1-2,10H;3H,2H2,1H3;1H. The second-order valence-corrected chi connectivity index (χ2v) is 2.92. The van der Waals surface area contributed by atoms with Crippen LogP contribution in [0.1, 0.15) is 6.92 Å². The van der Waals surface area contributed by atoms with Crippen LogP contribution in [0.15, 0.2) is 12.1 Å². The minimum absolute atomic E-state index is 0. The number of aromatic hydroxyl groups is 1. The van der Waals surface area contributed by atoms with Gasteiger partial charge >= 0.3 is 11.4 Å². The fourth-order valence-corrected chi connectivity index (χ4v) is 0.974. The molecule has 0 saturated heterocycles. The van der Waals surface area contributed by atoms with Crippen LogP contribution in [0.2, 0.25) is 0 Å². The summed E-state index contributed by atoms with van der Waals surface area (Å²) in [6.07, 6.45) is 0. The van der Waals surface area contributed by atoms with E-state index < -0.39 is 37.6 Å². The van der Waals surface area contributed by atoms with Gasteiger partial charge in [0, 0.05) is 6.61 Å². The molecule has 12 heteroatoms. The molecule has 112 valence electrons. The van der Waals surface area contributed by atoms with Crippen molar-refractivity contribution in [1.29, 1.82) is 0 Å². The summed E-state index contributed by atoms with van der Waals surface area (Å²) in [5.74, 6) is -1.21. The van der Waals surface area contributed by atoms with Gasteiger partial charge in [-0.2, -0.15) is 0 Å². The van der Waals surface area contributed by atoms with Crippen LogP contribution in [0.4, 0.5) is 17.1 Å². The predicted molar refractivity (Wildman–Crippen MR) is 68.1 cm³/mol. The maximum atomic E-state index is 10.4. The Kier molecular flexibility index (Phi) is 8.47. The Balaban J connectivity index is 0. The third-order valence-corrected chi connectivity index (χ3v) is 1.66. The van der Waals surface area contributed by atoms with Crippen LogP contribution >= 0.6 is 12.4 Å². The molecule has 20 heavy (non-hydrogen) atoms. The largest absolute Gasteiger partial charge is 0.497 e. The van der Waals surface area contributed by atoms with Crippen LogP contribution in [0.3, 0.4) is 0 Å². The fourth-order valence-electron chi connectivity index (χ4n) is 0.974. The summed E-state index contributed by atoms with van der Waals surface area (Å²) in [5, 5.41) is 47.8. The van der Waals surface area contributed by atoms with Gasteiger partial charge in [-0.1, -0.05) is 0 Å². The molecule has 11 nitrogen and oxygen atoms in total. The third kappa shape index (κ3) is 4.99. The molecule has 0 spiro atoms. The lowest BCUT2D eigenvalue weighted by Gasteiger charge is -1.97. The number of non-ortho nitro benzene ring substituents is 1. The van der Waals surface area contributed by atoms with Gasteiger partial charge in [0.25, 0.3) is 11.4 Å². The predicted octanol–water partition coefficient (Wildman–Crippen LogP) is 1.54. The van der Waals surface area contributed by atoms with E-state index in [2.05, 4.69) is 0 Å². The minimum atomic E-state index is -1.21. The molecule has 0 unspecified atom stereocenters. The van der Waals surface area contributed by atoms with Crippen molar-refractivity contribution < 1.29 is 25.0 Å². The van der Waals surface area contributed by atoms with E-state index in [1.165, 1.54) is 0 Å². The molecule has 1 aromatic rings. The van der Waals surface area contributed by atoms with E-state index >= 15 is 0 Å². The number of nitrogens with zero attached hydrogens (tertiary/aromatic N) is 3. The molecule has 0 aliphatic carbocycles. The van der Waals surface area contributed by atoms with Crippen LogP contribution in [-0.4, -0.2) is 31.6 Å². The Labute approximate surface area is 117 Å². The zero-order chi connectivity index (χ0) is 15.2. The van der Waals surface area contributed by atoms with E-state index in [1.807, 2.05) is 0 Å². The molecule has 1 rings (SSSR count). The summed E-state index contributed by atoms with van der Waals surface area (Å²) in [4.78, 5) is 27.8. The quantitative estimate of drug-likeness (QED) is 0.625. The average molecular weight is 312 g/mol. The first-order chi connectivity index (χ1) is 8.76. The summed E-state index contributed by atoms with van der Waals surface area (Å²) in [7, 11) is 0. The van der Waals surface area contributed by atoms with E-state index in [9.17, 15) is 30.3 Å². The van der Waals surface area contributed by atoms with Crippen LogP contribution in [0.5, 0.6) is 5.75 Å². The fraction of sp³-hybridized carbons (Fsp3) is 0.250. The van der Waals surface area contributed by atoms with Gasteiger partial charge in [0.05, 0.1) is 26.9 Å². The Morgan fingerprint density at radius 1 is 1.00 bits per heavy atom. The third-order valence-electron chi connectivity index (χ3n) is 1.66. The molecular weight excluding hydrogens is 302 g/mol. The van der Waals surface area contributed by atoms with Crippen LogP contribution in [-0.2, 0) is 0 Å². The highest BCUT2D eigenvalue weighted by molar-refractivity contribution is 5.85. The summed E-state index contributed by atoms with van der Waals surface area (Å²) in [6.45, 7) is 1.93. The number of nitro groups is 3. The molecule has 0 atom stereocenters. The van der Waals surface area contributed by atoms with Gasteiger partial charge in [0.2, 0.25) is 0 Å². The van der Waals surface area contributed by atoms with Crippen molar-refractivity contribution in [2.45, 2.75) is 6.92 Å². The number of phenolic OH excluding ortho intramolecular Hbond substituents is 1. The van der Waals surface area contributed by atoms with Crippen molar-refractivity contribution in [3.63, 3.8) is 0 Å². The van der Waals surface area contributed by atoms with Gasteiger partial charge in [0.1, 0.15) is 0 Å². The number of rotatable bonds is 3. The number of halogens is 1. The van der Waals surface area contributed by atoms with Crippen molar-refractivity contribution >= 4 is 29.5 Å². The molecule has 0 fully saturated rings. The highest BCUT2D eigenvalue weighted by atomic mass is 35.5. The Morgan fingerprint density at radius 3 is 1.50 bits per heavy atom. The molecule has 0 radical (unpaired) electrons. The van der Waals surface area contributed by atoms with Crippen molar-refractivity contribution in [2.24, 2.45) is 0 Å². The van der Waals surface area contributed by atoms with Gasteiger partial charge in [-0.15, -0.1) is 12.4 Å². The molecule has 0 aliphatic rings. The molecule has 0 aromatic heterocycles. The second kappa shape index (κ2) is 8.55. The first kappa shape index (κ1) is 19.8. The number of aliphatic hydroxyl groups excluding tert-OH is 1. The first-order valence-corrected chi connectivity index (χ1v) is 4.67. The summed E-state index contributed by atoms with van der Waals surface area (Å²) >= 11 is 0. The number of benzene rings is 1. The molecule has 0 saturated carbocycles. The van der Waals surface area contributed by atoms with Gasteiger partial charge < -0.3 is 10.2 Å². The molecule has 0 heterocycles. The summed E-state index contributed by atoms with van der Waals surface area (Å²) in [6, 6.07) is 0.894. The number of aliphatic hydroxyl groups is 1. The topological polar surface area (TPSA) is 170 Å². The monoisotopic (exact) mass is 311 g/mol. The van der Waals surface area contributed by atoms with Gasteiger partial charge in [-0.3, -0.25) is 30.3 Å². The van der Waals surface area contributed by atoms with Crippen molar-refractivity contribution in [2.75, 3.05) is 6.61 Å². The average Bonchev–Trinajstić information content (AvgIpc) is 2.29. The van der Waals surface area contributed by atoms with Crippen LogP contribution in [0, 0.1) is 30.3 Å². The highest BCUT2D eigenvalue weighted by Gasteiger charge is 2.29. The SMILES string of the molecule is CCO.Cl.O=[N+]([O-])c1cc([N+](=O)[O-])c(O)c([N+](=O)[O-])c1. The summed E-state index contributed by atoms with van der Waals surface area (Å²) in [5.41, 5.74) is -3.00. The van der Waals surface area contributed by atoms with E-state index in [1.54, 1.807) is 6.92 Å². The molecule has 2 N–H and O–H groups in total. The van der Waals surface area contributed by atoms with Gasteiger partial charge in [0.15, 0.2) is 0 Å². The normalized spacial score (nSPS) is 8.70. The maximum absolute atomic E-state index is 10.4. The second-order valence-electron chi connectivity index (χ2n) is 2.92. The van der Waals surface area contributed by atoms with E-state index in [-0.39, 0.29) is 19.0 Å². The van der Waals surface area contributed by atoms with Crippen LogP contribution < -0.4 is 0 Å². The van der Waals surface area contributed by atoms with Gasteiger partial charge in [-0.25, -0.2) is 0 Å². The number of hydrogen-bond acceptors (Lipinski definition) is 8. The van der Waals surface area contributed by atoms with Crippen molar-refractivity contribution in [3.8, 4) is 5.75 Å². The van der Waals surface area contributed by atoms with Crippen molar-refractivity contribution in [1.82, 2.24) is 0 Å². The number of phenols is 1. The smallest absolute Gasteiger partial charge is 0.324 e. The Morgan fingerprint density at radius 2 is 1.30 bits per heavy atom. The zero-order valence-electron chi connectivity index (χ0n) is 9.96. The molecular formula is C8H10ClN3O8. The van der Waals surface area contributed by atoms with E-state index in [0.717, 1.165) is 0 Å². The Hall–Kier alpha value is -2.53.